The molecule has 160 valence electrons. The fourth-order valence-electron chi connectivity index (χ4n) is 3.34. The first-order chi connectivity index (χ1) is 15.5. The molecular formula is C25H18FNO5. The van der Waals surface area contributed by atoms with Gasteiger partial charge in [0.25, 0.3) is 5.91 Å². The Labute approximate surface area is 183 Å². The highest BCUT2D eigenvalue weighted by Gasteiger charge is 2.32. The standard InChI is InChI=1S/C25H18FNO5/c1-31-22-13-15(12-20-24(29)18-4-2-3-5-19(18)25(20)30)6-11-21(22)32-14-23(28)27-17-9-7-16(26)8-10-17/h2-13H,14H2,1H3,(H,27,28). The number of halogens is 1. The molecule has 3 aromatic carbocycles. The minimum absolute atomic E-state index is 0.0839. The number of fused-ring (bicyclic) bond motifs is 1. The SMILES string of the molecule is COc1cc(C=C2C(=O)c3ccccc3C2=O)ccc1OCC(=O)Nc1ccc(F)cc1. The van der Waals surface area contributed by atoms with Crippen molar-refractivity contribution in [2.24, 2.45) is 0 Å². The van der Waals surface area contributed by atoms with Gasteiger partial charge in [0, 0.05) is 16.8 Å². The summed E-state index contributed by atoms with van der Waals surface area (Å²) in [7, 11) is 1.44. The molecule has 1 N–H and O–H groups in total. The average molecular weight is 431 g/mol. The van der Waals surface area contributed by atoms with E-state index in [1.165, 1.54) is 37.5 Å². The molecule has 0 saturated carbocycles. The maximum Gasteiger partial charge on any atom is 0.262 e. The van der Waals surface area contributed by atoms with Crippen molar-refractivity contribution < 1.29 is 28.2 Å². The monoisotopic (exact) mass is 431 g/mol. The van der Waals surface area contributed by atoms with Crippen LogP contribution >= 0.6 is 0 Å². The third kappa shape index (κ3) is 4.27. The van der Waals surface area contributed by atoms with Gasteiger partial charge in [-0.05, 0) is 48.0 Å². The molecule has 0 spiro atoms. The number of rotatable bonds is 6. The molecule has 6 nitrogen and oxygen atoms in total. The number of benzene rings is 3. The molecule has 1 aliphatic carbocycles. The topological polar surface area (TPSA) is 81.7 Å². The predicted octanol–water partition coefficient (Wildman–Crippen LogP) is 4.31. The molecule has 0 bridgehead atoms. The maximum atomic E-state index is 13.0. The molecule has 0 fully saturated rings. The lowest BCUT2D eigenvalue weighted by Gasteiger charge is -2.12. The Morgan fingerprint density at radius 2 is 1.59 bits per heavy atom. The van der Waals surface area contributed by atoms with Gasteiger partial charge < -0.3 is 14.8 Å². The van der Waals surface area contributed by atoms with E-state index in [-0.39, 0.29) is 23.7 Å². The van der Waals surface area contributed by atoms with Crippen LogP contribution in [0, 0.1) is 5.82 Å². The largest absolute Gasteiger partial charge is 0.493 e. The van der Waals surface area contributed by atoms with Gasteiger partial charge in [-0.3, -0.25) is 14.4 Å². The third-order valence-electron chi connectivity index (χ3n) is 4.89. The van der Waals surface area contributed by atoms with Gasteiger partial charge in [-0.15, -0.1) is 0 Å². The van der Waals surface area contributed by atoms with Gasteiger partial charge in [0.15, 0.2) is 29.7 Å². The molecule has 3 aromatic rings. The Balaban J connectivity index is 1.47. The van der Waals surface area contributed by atoms with Crippen molar-refractivity contribution >= 4 is 29.2 Å². The first-order valence-electron chi connectivity index (χ1n) is 9.72. The highest BCUT2D eigenvalue weighted by molar-refractivity contribution is 6.41. The van der Waals surface area contributed by atoms with Crippen molar-refractivity contribution in [3.05, 3.63) is 94.8 Å². The lowest BCUT2D eigenvalue weighted by molar-refractivity contribution is -0.118. The van der Waals surface area contributed by atoms with Gasteiger partial charge in [-0.2, -0.15) is 0 Å². The lowest BCUT2D eigenvalue weighted by atomic mass is 10.1. The van der Waals surface area contributed by atoms with E-state index in [2.05, 4.69) is 5.32 Å². The summed E-state index contributed by atoms with van der Waals surface area (Å²) >= 11 is 0. The Hall–Kier alpha value is -4.26. The Kier molecular flexibility index (Phi) is 5.81. The van der Waals surface area contributed by atoms with Crippen molar-refractivity contribution in [2.45, 2.75) is 0 Å². The van der Waals surface area contributed by atoms with Crippen LogP contribution < -0.4 is 14.8 Å². The molecule has 0 aromatic heterocycles. The normalized spacial score (nSPS) is 12.4. The van der Waals surface area contributed by atoms with E-state index in [1.807, 2.05) is 0 Å². The van der Waals surface area contributed by atoms with Crippen molar-refractivity contribution in [2.75, 3.05) is 19.0 Å². The Morgan fingerprint density at radius 1 is 0.938 bits per heavy atom. The van der Waals surface area contributed by atoms with Crippen LogP contribution in [-0.4, -0.2) is 31.2 Å². The smallest absolute Gasteiger partial charge is 0.262 e. The number of ether oxygens (including phenoxy) is 2. The van der Waals surface area contributed by atoms with Gasteiger partial charge >= 0.3 is 0 Å². The van der Waals surface area contributed by atoms with Gasteiger partial charge in [0.2, 0.25) is 0 Å². The van der Waals surface area contributed by atoms with Crippen LogP contribution in [0.4, 0.5) is 10.1 Å². The number of anilines is 1. The molecule has 0 heterocycles. The van der Waals surface area contributed by atoms with E-state index in [4.69, 9.17) is 9.47 Å². The molecule has 4 rings (SSSR count). The van der Waals surface area contributed by atoms with E-state index in [0.717, 1.165) is 0 Å². The van der Waals surface area contributed by atoms with Crippen molar-refractivity contribution in [1.29, 1.82) is 0 Å². The number of carbonyl (C=O) groups is 3. The number of methoxy groups -OCH3 is 1. The van der Waals surface area contributed by atoms with Crippen LogP contribution in [0.1, 0.15) is 26.3 Å². The fourth-order valence-corrected chi connectivity index (χ4v) is 3.34. The number of Topliss-reactive ketones (excluding diaryl/α,β-unsaturated/α-hetero) is 2. The second kappa shape index (κ2) is 8.85. The number of carbonyl (C=O) groups excluding carboxylic acids is 3. The van der Waals surface area contributed by atoms with Gasteiger partial charge in [-0.1, -0.05) is 30.3 Å². The zero-order valence-electron chi connectivity index (χ0n) is 17.1. The molecule has 0 saturated heterocycles. The highest BCUT2D eigenvalue weighted by atomic mass is 19.1. The summed E-state index contributed by atoms with van der Waals surface area (Å²) in [6.45, 7) is -0.291. The summed E-state index contributed by atoms with van der Waals surface area (Å²) in [6.07, 6.45) is 1.51. The maximum absolute atomic E-state index is 13.0. The van der Waals surface area contributed by atoms with E-state index in [9.17, 15) is 18.8 Å². The number of hydrogen-bond acceptors (Lipinski definition) is 5. The number of amides is 1. The molecule has 0 unspecified atom stereocenters. The van der Waals surface area contributed by atoms with E-state index >= 15 is 0 Å². The Bertz CT molecular complexity index is 1210. The van der Waals surface area contributed by atoms with Crippen LogP contribution in [0.3, 0.4) is 0 Å². The lowest BCUT2D eigenvalue weighted by Crippen LogP contribution is -2.20. The van der Waals surface area contributed by atoms with E-state index in [1.54, 1.807) is 42.5 Å². The van der Waals surface area contributed by atoms with E-state index in [0.29, 0.717) is 33.9 Å². The van der Waals surface area contributed by atoms with Crippen LogP contribution in [0.25, 0.3) is 6.08 Å². The minimum Gasteiger partial charge on any atom is -0.493 e. The van der Waals surface area contributed by atoms with Crippen molar-refractivity contribution in [3.8, 4) is 11.5 Å². The third-order valence-corrected chi connectivity index (χ3v) is 4.89. The number of ketones is 2. The highest BCUT2D eigenvalue weighted by Crippen LogP contribution is 2.32. The fraction of sp³-hybridized carbons (Fsp3) is 0.0800. The summed E-state index contributed by atoms with van der Waals surface area (Å²) in [5, 5.41) is 2.60. The second-order valence-electron chi connectivity index (χ2n) is 7.02. The first kappa shape index (κ1) is 21.0. The zero-order valence-corrected chi connectivity index (χ0v) is 17.1. The molecule has 1 aliphatic rings. The van der Waals surface area contributed by atoms with Crippen molar-refractivity contribution in [1.82, 2.24) is 0 Å². The number of hydrogen-bond donors (Lipinski definition) is 1. The summed E-state index contributed by atoms with van der Waals surface area (Å²) in [5.41, 5.74) is 1.89. The quantitative estimate of drug-likeness (QED) is 0.465. The molecule has 7 heteroatoms. The van der Waals surface area contributed by atoms with Crippen molar-refractivity contribution in [3.63, 3.8) is 0 Å². The predicted molar refractivity (Wildman–Crippen MR) is 117 cm³/mol. The number of nitrogens with one attached hydrogen (secondary N) is 1. The van der Waals surface area contributed by atoms with E-state index < -0.39 is 11.7 Å². The van der Waals surface area contributed by atoms with Crippen LogP contribution in [-0.2, 0) is 4.79 Å². The molecule has 0 radical (unpaired) electrons. The summed E-state index contributed by atoms with van der Waals surface area (Å²) in [6, 6.07) is 16.9. The first-order valence-corrected chi connectivity index (χ1v) is 9.72. The molecule has 0 aliphatic heterocycles. The molecule has 1 amide bonds. The van der Waals surface area contributed by atoms with Gasteiger partial charge in [-0.25, -0.2) is 4.39 Å². The molecule has 0 atom stereocenters. The number of allylic oxidation sites excluding steroid dienone is 1. The Morgan fingerprint density at radius 3 is 2.22 bits per heavy atom. The minimum atomic E-state index is -0.426. The van der Waals surface area contributed by atoms with Gasteiger partial charge in [0.1, 0.15) is 5.82 Å². The van der Waals surface area contributed by atoms with Crippen LogP contribution in [0.2, 0.25) is 0 Å². The van der Waals surface area contributed by atoms with Gasteiger partial charge in [0.05, 0.1) is 12.7 Å². The second-order valence-corrected chi connectivity index (χ2v) is 7.02. The molecular weight excluding hydrogens is 413 g/mol. The average Bonchev–Trinajstić information content (AvgIpc) is 3.04. The van der Waals surface area contributed by atoms with Crippen LogP contribution in [0.5, 0.6) is 11.5 Å². The summed E-state index contributed by atoms with van der Waals surface area (Å²) in [4.78, 5) is 37.2. The van der Waals surface area contributed by atoms with Crippen LogP contribution in [0.15, 0.2) is 72.3 Å². The molecule has 32 heavy (non-hydrogen) atoms. The summed E-state index contributed by atoms with van der Waals surface area (Å²) in [5.74, 6) is -0.806. The summed E-state index contributed by atoms with van der Waals surface area (Å²) < 4.78 is 23.8. The zero-order chi connectivity index (χ0) is 22.7.